The molecule has 4 rings (SSSR count). The number of aliphatic hydroxyl groups is 1. The van der Waals surface area contributed by atoms with Gasteiger partial charge in [0.1, 0.15) is 0 Å². The van der Waals surface area contributed by atoms with Crippen molar-refractivity contribution in [2.45, 2.75) is 36.2 Å². The normalized spacial score (nSPS) is 20.6. The highest BCUT2D eigenvalue weighted by Crippen LogP contribution is 2.51. The third-order valence-corrected chi connectivity index (χ3v) is 6.99. The van der Waals surface area contributed by atoms with Gasteiger partial charge in [-0.15, -0.1) is 0 Å². The molecule has 0 radical (unpaired) electrons. The molecule has 0 bridgehead atoms. The topological polar surface area (TPSA) is 52.6 Å². The molecule has 0 spiro atoms. The van der Waals surface area contributed by atoms with E-state index in [4.69, 9.17) is 0 Å². The number of urea groups is 1. The number of benzene rings is 3. The maximum Gasteiger partial charge on any atom is 0.430 e. The number of likely N-dealkylation sites (tertiary alicyclic amines) is 1. The Hall–Kier alpha value is -3.53. The molecule has 1 heterocycles. The largest absolute Gasteiger partial charge is 0.430 e. The monoisotopic (exact) mass is 522 g/mol. The smallest absolute Gasteiger partial charge is 0.369 e. The number of hydrogen-bond acceptors (Lipinski definition) is 2. The molecule has 37 heavy (non-hydrogen) atoms. The fourth-order valence-corrected chi connectivity index (χ4v) is 4.90. The Morgan fingerprint density at radius 3 is 1.89 bits per heavy atom. The number of carbonyl (C=O) groups is 1. The van der Waals surface area contributed by atoms with Crippen molar-refractivity contribution in [3.05, 3.63) is 102 Å². The molecular weight excluding hydrogens is 498 g/mol. The Labute approximate surface area is 209 Å². The molecule has 1 saturated heterocycles. The van der Waals surface area contributed by atoms with Gasteiger partial charge in [0, 0.05) is 35.7 Å². The van der Waals surface area contributed by atoms with Crippen LogP contribution in [0.3, 0.4) is 0 Å². The molecule has 2 atom stereocenters. The van der Waals surface area contributed by atoms with E-state index in [0.717, 1.165) is 17.7 Å². The van der Waals surface area contributed by atoms with Crippen molar-refractivity contribution < 1.29 is 36.2 Å². The van der Waals surface area contributed by atoms with Crippen LogP contribution in [0.5, 0.6) is 0 Å². The summed E-state index contributed by atoms with van der Waals surface area (Å²) in [4.78, 5) is 14.6. The first kappa shape index (κ1) is 26.5. The molecule has 10 heteroatoms. The lowest BCUT2D eigenvalue weighted by atomic mass is 9.71. The lowest BCUT2D eigenvalue weighted by molar-refractivity contribution is -0.376. The van der Waals surface area contributed by atoms with Crippen molar-refractivity contribution in [2.75, 3.05) is 18.4 Å². The van der Waals surface area contributed by atoms with Crippen molar-refractivity contribution in [2.24, 2.45) is 0 Å². The zero-order chi connectivity index (χ0) is 27.1. The molecule has 0 aliphatic carbocycles. The summed E-state index contributed by atoms with van der Waals surface area (Å²) in [5.41, 5.74) is -5.13. The third kappa shape index (κ3) is 4.77. The van der Waals surface area contributed by atoms with Gasteiger partial charge in [-0.3, -0.25) is 0 Å². The van der Waals surface area contributed by atoms with Gasteiger partial charge in [0.15, 0.2) is 0 Å². The predicted molar refractivity (Wildman–Crippen MR) is 126 cm³/mol. The highest BCUT2D eigenvalue weighted by molar-refractivity contribution is 5.89. The molecule has 196 valence electrons. The summed E-state index contributed by atoms with van der Waals surface area (Å²) in [5, 5.41) is 12.5. The summed E-state index contributed by atoms with van der Waals surface area (Å²) < 4.78 is 80.0. The second-order valence-electron chi connectivity index (χ2n) is 9.34. The maximum atomic E-state index is 13.3. The SMILES string of the molecule is C[C@]1(c2ccccc2)CN(C(=O)Nc2ccccc2)C[C@H]1c1ccc(C(O)(C(F)(F)F)C(F)(F)F)cc1. The zero-order valence-corrected chi connectivity index (χ0v) is 19.6. The number of carbonyl (C=O) groups excluding carboxylic acids is 1. The van der Waals surface area contributed by atoms with E-state index in [1.165, 1.54) is 0 Å². The van der Waals surface area contributed by atoms with Crippen LogP contribution in [-0.4, -0.2) is 41.5 Å². The summed E-state index contributed by atoms with van der Waals surface area (Å²) in [6.07, 6.45) is -11.9. The van der Waals surface area contributed by atoms with E-state index in [1.807, 2.05) is 37.3 Å². The second kappa shape index (κ2) is 9.41. The van der Waals surface area contributed by atoms with Gasteiger partial charge in [0.05, 0.1) is 0 Å². The predicted octanol–water partition coefficient (Wildman–Crippen LogP) is 6.59. The molecule has 3 aromatic rings. The Bertz CT molecular complexity index is 1220. The van der Waals surface area contributed by atoms with Crippen molar-refractivity contribution in [1.82, 2.24) is 4.90 Å². The number of nitrogens with zero attached hydrogens (tertiary/aromatic N) is 1. The first-order valence-electron chi connectivity index (χ1n) is 11.4. The Balaban J connectivity index is 1.69. The molecule has 0 aromatic heterocycles. The quantitative estimate of drug-likeness (QED) is 0.380. The summed E-state index contributed by atoms with van der Waals surface area (Å²) in [6, 6.07) is 21.2. The molecule has 3 aromatic carbocycles. The second-order valence-corrected chi connectivity index (χ2v) is 9.34. The molecular formula is C27H24F6N2O2. The molecule has 0 saturated carbocycles. The molecule has 2 N–H and O–H groups in total. The maximum absolute atomic E-state index is 13.3. The molecule has 2 amide bonds. The molecule has 1 fully saturated rings. The summed E-state index contributed by atoms with van der Waals surface area (Å²) >= 11 is 0. The Morgan fingerprint density at radius 1 is 0.865 bits per heavy atom. The first-order chi connectivity index (χ1) is 17.3. The van der Waals surface area contributed by atoms with Crippen LogP contribution in [0.1, 0.15) is 29.5 Å². The van der Waals surface area contributed by atoms with E-state index in [-0.39, 0.29) is 19.1 Å². The van der Waals surface area contributed by atoms with Gasteiger partial charge in [0.2, 0.25) is 0 Å². The van der Waals surface area contributed by atoms with E-state index < -0.39 is 34.8 Å². The van der Waals surface area contributed by atoms with Crippen LogP contribution in [0.15, 0.2) is 84.9 Å². The lowest BCUT2D eigenvalue weighted by Crippen LogP contribution is -2.53. The van der Waals surface area contributed by atoms with E-state index in [9.17, 15) is 36.2 Å². The highest BCUT2D eigenvalue weighted by Gasteiger charge is 2.71. The number of rotatable bonds is 4. The lowest BCUT2D eigenvalue weighted by Gasteiger charge is -2.34. The van der Waals surface area contributed by atoms with E-state index in [2.05, 4.69) is 5.32 Å². The molecule has 4 nitrogen and oxygen atoms in total. The number of hydrogen-bond donors (Lipinski definition) is 2. The number of anilines is 1. The molecule has 1 aliphatic heterocycles. The van der Waals surface area contributed by atoms with Gasteiger partial charge < -0.3 is 15.3 Å². The van der Waals surface area contributed by atoms with Crippen molar-refractivity contribution in [3.63, 3.8) is 0 Å². The van der Waals surface area contributed by atoms with E-state index in [1.54, 1.807) is 35.2 Å². The van der Waals surface area contributed by atoms with Gasteiger partial charge in [-0.25, -0.2) is 4.79 Å². The fraction of sp³-hybridized carbons (Fsp3) is 0.296. The highest BCUT2D eigenvalue weighted by atomic mass is 19.4. The molecule has 0 unspecified atom stereocenters. The summed E-state index contributed by atoms with van der Waals surface area (Å²) in [6.45, 7) is 2.34. The zero-order valence-electron chi connectivity index (χ0n) is 19.6. The van der Waals surface area contributed by atoms with Crippen LogP contribution in [0.4, 0.5) is 36.8 Å². The fourth-order valence-electron chi connectivity index (χ4n) is 4.90. The number of alkyl halides is 6. The van der Waals surface area contributed by atoms with Crippen LogP contribution in [-0.2, 0) is 11.0 Å². The first-order valence-corrected chi connectivity index (χ1v) is 11.4. The number of para-hydroxylation sites is 1. The van der Waals surface area contributed by atoms with Crippen molar-refractivity contribution >= 4 is 11.7 Å². The Morgan fingerprint density at radius 2 is 1.38 bits per heavy atom. The van der Waals surface area contributed by atoms with Crippen LogP contribution >= 0.6 is 0 Å². The van der Waals surface area contributed by atoms with E-state index in [0.29, 0.717) is 23.4 Å². The van der Waals surface area contributed by atoms with Crippen LogP contribution in [0.25, 0.3) is 0 Å². The van der Waals surface area contributed by atoms with Gasteiger partial charge in [-0.2, -0.15) is 26.3 Å². The summed E-state index contributed by atoms with van der Waals surface area (Å²) in [7, 11) is 0. The van der Waals surface area contributed by atoms with Gasteiger partial charge in [0.25, 0.3) is 5.60 Å². The standard InChI is InChI=1S/C27H24F6N2O2/c1-24(19-8-4-2-5-9-19)17-35(23(36)34-21-10-6-3-7-11-21)16-22(24)18-12-14-20(15-13-18)25(37,26(28,29)30)27(31,32)33/h2-15,22,37H,16-17H2,1H3,(H,34,36)/t22-,24+/m0/s1. The minimum atomic E-state index is -5.97. The van der Waals surface area contributed by atoms with E-state index >= 15 is 0 Å². The van der Waals surface area contributed by atoms with Gasteiger partial charge in [-0.05, 0) is 23.3 Å². The van der Waals surface area contributed by atoms with Crippen LogP contribution in [0, 0.1) is 0 Å². The van der Waals surface area contributed by atoms with Crippen LogP contribution < -0.4 is 5.32 Å². The number of nitrogens with one attached hydrogen (secondary N) is 1. The third-order valence-electron chi connectivity index (χ3n) is 6.99. The Kier molecular flexibility index (Phi) is 6.74. The van der Waals surface area contributed by atoms with Crippen LogP contribution in [0.2, 0.25) is 0 Å². The minimum Gasteiger partial charge on any atom is -0.369 e. The molecule has 1 aliphatic rings. The minimum absolute atomic E-state index is 0.173. The number of amides is 2. The average Bonchev–Trinajstić information content (AvgIpc) is 3.22. The van der Waals surface area contributed by atoms with Gasteiger partial charge >= 0.3 is 18.4 Å². The summed E-state index contributed by atoms with van der Waals surface area (Å²) in [5.74, 6) is -0.449. The van der Waals surface area contributed by atoms with Crippen molar-refractivity contribution in [3.8, 4) is 0 Å². The van der Waals surface area contributed by atoms with Gasteiger partial charge in [-0.1, -0.05) is 79.7 Å². The number of halogens is 6. The van der Waals surface area contributed by atoms with Crippen molar-refractivity contribution in [1.29, 1.82) is 0 Å². The average molecular weight is 522 g/mol.